The molecular formula is C23H23N3O3. The van der Waals surface area contributed by atoms with Crippen LogP contribution in [0.2, 0.25) is 0 Å². The van der Waals surface area contributed by atoms with Gasteiger partial charge in [-0.15, -0.1) is 0 Å². The fourth-order valence-corrected chi connectivity index (χ4v) is 2.83. The molecule has 0 atom stereocenters. The molecule has 0 fully saturated rings. The molecule has 2 aromatic carbocycles. The van der Waals surface area contributed by atoms with E-state index in [-0.39, 0.29) is 23.9 Å². The van der Waals surface area contributed by atoms with Crippen molar-refractivity contribution in [1.82, 2.24) is 9.88 Å². The van der Waals surface area contributed by atoms with Crippen LogP contribution >= 0.6 is 0 Å². The quantitative estimate of drug-likeness (QED) is 0.680. The maximum absolute atomic E-state index is 12.2. The Labute approximate surface area is 169 Å². The second kappa shape index (κ2) is 9.01. The number of benzene rings is 2. The highest BCUT2D eigenvalue weighted by molar-refractivity contribution is 5.99. The van der Waals surface area contributed by atoms with Crippen LogP contribution < -0.4 is 16.2 Å². The molecule has 2 N–H and O–H groups in total. The minimum absolute atomic E-state index is 0.0654. The molecule has 0 unspecified atom stereocenters. The number of amides is 2. The molecule has 0 saturated carbocycles. The molecule has 0 bridgehead atoms. The van der Waals surface area contributed by atoms with E-state index in [0.29, 0.717) is 17.8 Å². The monoisotopic (exact) mass is 389 g/mol. The van der Waals surface area contributed by atoms with Gasteiger partial charge in [-0.05, 0) is 60.9 Å². The Morgan fingerprint density at radius 1 is 0.931 bits per heavy atom. The van der Waals surface area contributed by atoms with Gasteiger partial charge in [0.25, 0.3) is 11.5 Å². The third kappa shape index (κ3) is 5.42. The van der Waals surface area contributed by atoms with Crippen molar-refractivity contribution in [1.29, 1.82) is 0 Å². The number of rotatable bonds is 6. The van der Waals surface area contributed by atoms with Gasteiger partial charge in [0.15, 0.2) is 0 Å². The molecule has 0 aliphatic rings. The Morgan fingerprint density at radius 2 is 1.69 bits per heavy atom. The zero-order valence-corrected chi connectivity index (χ0v) is 16.4. The second-order valence-electron chi connectivity index (χ2n) is 6.89. The topological polar surface area (TPSA) is 80.2 Å². The Bertz CT molecular complexity index is 1090. The van der Waals surface area contributed by atoms with E-state index >= 15 is 0 Å². The van der Waals surface area contributed by atoms with Crippen molar-refractivity contribution in [2.45, 2.75) is 20.4 Å². The number of aromatic nitrogens is 1. The van der Waals surface area contributed by atoms with Crippen LogP contribution in [0.15, 0.2) is 71.7 Å². The van der Waals surface area contributed by atoms with Gasteiger partial charge in [-0.25, -0.2) is 0 Å². The van der Waals surface area contributed by atoms with Crippen LogP contribution in [0.3, 0.4) is 0 Å². The lowest BCUT2D eigenvalue weighted by atomic mass is 10.1. The molecule has 2 amide bonds. The lowest BCUT2D eigenvalue weighted by Crippen LogP contribution is -2.32. The summed E-state index contributed by atoms with van der Waals surface area (Å²) < 4.78 is 1.61. The largest absolute Gasteiger partial charge is 0.343 e. The maximum atomic E-state index is 12.2. The average molecular weight is 389 g/mol. The first kappa shape index (κ1) is 20.1. The molecule has 6 heteroatoms. The van der Waals surface area contributed by atoms with Crippen LogP contribution in [0.5, 0.6) is 0 Å². The van der Waals surface area contributed by atoms with Gasteiger partial charge in [0, 0.05) is 23.5 Å². The molecule has 148 valence electrons. The molecule has 29 heavy (non-hydrogen) atoms. The average Bonchev–Trinajstić information content (AvgIpc) is 2.71. The SMILES string of the molecule is Cc1ccc(C(=O)NCC(=O)Nc2ccc(Cn3ccccc3=O)cc2)cc1C. The van der Waals surface area contributed by atoms with Gasteiger partial charge in [0.1, 0.15) is 0 Å². The van der Waals surface area contributed by atoms with Crippen molar-refractivity contribution < 1.29 is 9.59 Å². The molecule has 3 aromatic rings. The number of anilines is 1. The van der Waals surface area contributed by atoms with Crippen LogP contribution in [0.4, 0.5) is 5.69 Å². The zero-order chi connectivity index (χ0) is 20.8. The van der Waals surface area contributed by atoms with E-state index < -0.39 is 0 Å². The Morgan fingerprint density at radius 3 is 2.38 bits per heavy atom. The van der Waals surface area contributed by atoms with Gasteiger partial charge in [0.05, 0.1) is 13.1 Å². The molecule has 0 saturated heterocycles. The van der Waals surface area contributed by atoms with Gasteiger partial charge in [0.2, 0.25) is 5.91 Å². The fourth-order valence-electron chi connectivity index (χ4n) is 2.83. The predicted molar refractivity (Wildman–Crippen MR) is 113 cm³/mol. The fraction of sp³-hybridized carbons (Fsp3) is 0.174. The lowest BCUT2D eigenvalue weighted by Gasteiger charge is -2.09. The third-order valence-electron chi connectivity index (χ3n) is 4.67. The molecule has 0 spiro atoms. The van der Waals surface area contributed by atoms with E-state index in [2.05, 4.69) is 10.6 Å². The number of hydrogen-bond donors (Lipinski definition) is 2. The summed E-state index contributed by atoms with van der Waals surface area (Å²) in [5, 5.41) is 5.38. The summed E-state index contributed by atoms with van der Waals surface area (Å²) in [6.45, 7) is 4.26. The van der Waals surface area contributed by atoms with Crippen molar-refractivity contribution in [3.8, 4) is 0 Å². The van der Waals surface area contributed by atoms with Crippen LogP contribution in [-0.2, 0) is 11.3 Å². The summed E-state index contributed by atoms with van der Waals surface area (Å²) in [4.78, 5) is 36.1. The van der Waals surface area contributed by atoms with Crippen molar-refractivity contribution in [2.24, 2.45) is 0 Å². The highest BCUT2D eigenvalue weighted by Crippen LogP contribution is 2.11. The van der Waals surface area contributed by atoms with Crippen LogP contribution in [-0.4, -0.2) is 22.9 Å². The van der Waals surface area contributed by atoms with Crippen molar-refractivity contribution in [3.63, 3.8) is 0 Å². The van der Waals surface area contributed by atoms with E-state index in [1.165, 1.54) is 6.07 Å². The maximum Gasteiger partial charge on any atom is 0.251 e. The summed E-state index contributed by atoms with van der Waals surface area (Å²) in [6, 6.07) is 17.7. The number of nitrogens with one attached hydrogen (secondary N) is 2. The number of aryl methyl sites for hydroxylation is 2. The van der Waals surface area contributed by atoms with E-state index in [9.17, 15) is 14.4 Å². The first-order chi connectivity index (χ1) is 13.9. The predicted octanol–water partition coefficient (Wildman–Crippen LogP) is 2.88. The summed E-state index contributed by atoms with van der Waals surface area (Å²) in [6.07, 6.45) is 1.73. The summed E-state index contributed by atoms with van der Waals surface area (Å²) >= 11 is 0. The first-order valence-corrected chi connectivity index (χ1v) is 9.32. The Kier molecular flexibility index (Phi) is 6.24. The lowest BCUT2D eigenvalue weighted by molar-refractivity contribution is -0.115. The van der Waals surface area contributed by atoms with E-state index in [0.717, 1.165) is 16.7 Å². The number of nitrogens with zero attached hydrogens (tertiary/aromatic N) is 1. The summed E-state index contributed by atoms with van der Waals surface area (Å²) in [5.74, 6) is -0.596. The number of carbonyl (C=O) groups excluding carboxylic acids is 2. The molecule has 3 rings (SSSR count). The summed E-state index contributed by atoms with van der Waals surface area (Å²) in [7, 11) is 0. The molecule has 1 aromatic heterocycles. The van der Waals surface area contributed by atoms with E-state index in [1.54, 1.807) is 41.1 Å². The van der Waals surface area contributed by atoms with Gasteiger partial charge in [-0.1, -0.05) is 24.3 Å². The highest BCUT2D eigenvalue weighted by atomic mass is 16.2. The van der Waals surface area contributed by atoms with Crippen LogP contribution in [0.25, 0.3) is 0 Å². The summed E-state index contributed by atoms with van der Waals surface area (Å²) in [5.41, 5.74) is 4.17. The van der Waals surface area contributed by atoms with Crippen molar-refractivity contribution in [2.75, 3.05) is 11.9 Å². The molecule has 0 aliphatic carbocycles. The molecule has 1 heterocycles. The third-order valence-corrected chi connectivity index (χ3v) is 4.67. The van der Waals surface area contributed by atoms with Gasteiger partial charge in [-0.2, -0.15) is 0 Å². The molecule has 0 radical (unpaired) electrons. The smallest absolute Gasteiger partial charge is 0.251 e. The second-order valence-corrected chi connectivity index (χ2v) is 6.89. The first-order valence-electron chi connectivity index (χ1n) is 9.32. The minimum atomic E-state index is -0.311. The molecule has 0 aliphatic heterocycles. The van der Waals surface area contributed by atoms with Crippen molar-refractivity contribution >= 4 is 17.5 Å². The molecule has 6 nitrogen and oxygen atoms in total. The van der Waals surface area contributed by atoms with Gasteiger partial charge >= 0.3 is 0 Å². The number of carbonyl (C=O) groups is 2. The van der Waals surface area contributed by atoms with Crippen LogP contribution in [0.1, 0.15) is 27.0 Å². The zero-order valence-electron chi connectivity index (χ0n) is 16.4. The van der Waals surface area contributed by atoms with Gasteiger partial charge < -0.3 is 15.2 Å². The highest BCUT2D eigenvalue weighted by Gasteiger charge is 2.09. The minimum Gasteiger partial charge on any atom is -0.343 e. The van der Waals surface area contributed by atoms with Crippen LogP contribution in [0, 0.1) is 13.8 Å². The number of pyridine rings is 1. The Hall–Kier alpha value is -3.67. The van der Waals surface area contributed by atoms with E-state index in [1.807, 2.05) is 38.1 Å². The normalized spacial score (nSPS) is 10.4. The van der Waals surface area contributed by atoms with Gasteiger partial charge in [-0.3, -0.25) is 14.4 Å². The standard InChI is InChI=1S/C23H23N3O3/c1-16-6-9-19(13-17(16)2)23(29)24-14-21(27)25-20-10-7-18(8-11-20)15-26-12-4-3-5-22(26)28/h3-13H,14-15H2,1-2H3,(H,24,29)(H,25,27). The number of hydrogen-bond acceptors (Lipinski definition) is 3. The van der Waals surface area contributed by atoms with Crippen molar-refractivity contribution in [3.05, 3.63) is 99.5 Å². The van der Waals surface area contributed by atoms with E-state index in [4.69, 9.17) is 0 Å². The Balaban J connectivity index is 1.52. The molecular weight excluding hydrogens is 366 g/mol.